The van der Waals surface area contributed by atoms with E-state index in [4.69, 9.17) is 11.6 Å². The van der Waals surface area contributed by atoms with Crippen LogP contribution in [-0.2, 0) is 16.4 Å². The quantitative estimate of drug-likeness (QED) is 0.844. The second-order valence-electron chi connectivity index (χ2n) is 5.25. The Morgan fingerprint density at radius 1 is 1.25 bits per heavy atom. The summed E-state index contributed by atoms with van der Waals surface area (Å²) in [6.07, 6.45) is 0. The number of amides is 1. The first-order valence-electron chi connectivity index (χ1n) is 7.23. The van der Waals surface area contributed by atoms with E-state index in [9.17, 15) is 18.0 Å². The number of carbonyl (C=O) groups excluding carboxylic acids is 1. The lowest BCUT2D eigenvalue weighted by molar-refractivity contribution is 0.0950. The Labute approximate surface area is 144 Å². The van der Waals surface area contributed by atoms with Crippen LogP contribution < -0.4 is 10.9 Å². The highest BCUT2D eigenvalue weighted by Gasteiger charge is 2.17. The molecular formula is C16H17ClN2O4S. The topological polar surface area (TPSA) is 96.1 Å². The third-order valence-corrected chi connectivity index (χ3v) is 5.48. The molecule has 1 aromatic carbocycles. The van der Waals surface area contributed by atoms with Crippen LogP contribution in [0.25, 0.3) is 0 Å². The first-order valence-corrected chi connectivity index (χ1v) is 9.26. The summed E-state index contributed by atoms with van der Waals surface area (Å²) in [6, 6.07) is 7.16. The fourth-order valence-corrected chi connectivity index (χ4v) is 3.55. The maximum Gasteiger partial charge on any atom is 0.251 e. The van der Waals surface area contributed by atoms with Crippen molar-refractivity contribution in [1.29, 1.82) is 0 Å². The molecule has 0 spiro atoms. The Balaban J connectivity index is 2.27. The molecule has 0 aliphatic carbocycles. The van der Waals surface area contributed by atoms with Crippen LogP contribution in [0.5, 0.6) is 0 Å². The van der Waals surface area contributed by atoms with Crippen molar-refractivity contribution >= 4 is 27.3 Å². The second kappa shape index (κ2) is 7.19. The number of H-pyrrole nitrogens is 1. The van der Waals surface area contributed by atoms with Gasteiger partial charge in [0, 0.05) is 28.9 Å². The van der Waals surface area contributed by atoms with E-state index in [2.05, 4.69) is 10.3 Å². The highest BCUT2D eigenvalue weighted by atomic mass is 35.5. The first-order chi connectivity index (χ1) is 11.2. The molecule has 2 N–H and O–H groups in total. The molecule has 0 radical (unpaired) electrons. The van der Waals surface area contributed by atoms with Crippen LogP contribution in [0.15, 0.2) is 40.0 Å². The Morgan fingerprint density at radius 3 is 2.58 bits per heavy atom. The zero-order chi connectivity index (χ0) is 17.9. The van der Waals surface area contributed by atoms with E-state index in [1.54, 1.807) is 19.9 Å². The van der Waals surface area contributed by atoms with Crippen LogP contribution in [0.3, 0.4) is 0 Å². The smallest absolute Gasteiger partial charge is 0.251 e. The fourth-order valence-electron chi connectivity index (χ4n) is 2.24. The van der Waals surface area contributed by atoms with Gasteiger partial charge >= 0.3 is 0 Å². The zero-order valence-electron chi connectivity index (χ0n) is 13.2. The molecule has 0 saturated carbocycles. The Bertz CT molecular complexity index is 935. The van der Waals surface area contributed by atoms with E-state index in [0.29, 0.717) is 16.3 Å². The summed E-state index contributed by atoms with van der Waals surface area (Å²) in [6.45, 7) is 3.20. The molecule has 1 heterocycles. The van der Waals surface area contributed by atoms with Crippen LogP contribution in [0.1, 0.15) is 28.5 Å². The molecule has 0 atom stereocenters. The Kier molecular flexibility index (Phi) is 5.46. The molecule has 0 aliphatic heterocycles. The molecule has 0 aliphatic rings. The van der Waals surface area contributed by atoms with Crippen molar-refractivity contribution < 1.29 is 13.2 Å². The number of rotatable bonds is 5. The molecule has 0 unspecified atom stereocenters. The number of pyridine rings is 1. The largest absolute Gasteiger partial charge is 0.348 e. The highest BCUT2D eigenvalue weighted by Crippen LogP contribution is 2.21. The lowest BCUT2D eigenvalue weighted by atomic mass is 10.2. The van der Waals surface area contributed by atoms with Crippen molar-refractivity contribution in [3.8, 4) is 0 Å². The summed E-state index contributed by atoms with van der Waals surface area (Å²) in [5, 5.41) is 2.99. The van der Waals surface area contributed by atoms with E-state index < -0.39 is 15.7 Å². The van der Waals surface area contributed by atoms with Gasteiger partial charge in [-0.25, -0.2) is 8.42 Å². The van der Waals surface area contributed by atoms with Gasteiger partial charge in [-0.1, -0.05) is 18.5 Å². The van der Waals surface area contributed by atoms with Crippen LogP contribution in [-0.4, -0.2) is 25.1 Å². The number of aryl methyl sites for hydroxylation is 1. The van der Waals surface area contributed by atoms with Gasteiger partial charge < -0.3 is 10.3 Å². The number of halogens is 1. The monoisotopic (exact) mass is 368 g/mol. The van der Waals surface area contributed by atoms with Gasteiger partial charge in [-0.05, 0) is 36.8 Å². The molecule has 2 rings (SSSR count). The molecule has 0 bridgehead atoms. The second-order valence-corrected chi connectivity index (χ2v) is 7.94. The normalized spacial score (nSPS) is 11.3. The van der Waals surface area contributed by atoms with E-state index in [0.717, 1.165) is 0 Å². The standard InChI is InChI=1S/C16H17ClN2O4S/c1-3-24(22,23)14-5-4-13(17)7-12(14)9-18-16(21)11-6-10(2)19-15(20)8-11/h4-8H,3,9H2,1-2H3,(H,18,21)(H,19,20). The number of nitrogens with one attached hydrogen (secondary N) is 2. The van der Waals surface area contributed by atoms with Crippen molar-refractivity contribution in [3.63, 3.8) is 0 Å². The number of hydrogen-bond acceptors (Lipinski definition) is 4. The minimum Gasteiger partial charge on any atom is -0.348 e. The summed E-state index contributed by atoms with van der Waals surface area (Å²) in [7, 11) is -3.44. The number of hydrogen-bond donors (Lipinski definition) is 2. The first kappa shape index (κ1) is 18.2. The predicted octanol–water partition coefficient (Wildman–Crippen LogP) is 2.06. The number of aromatic amines is 1. The maximum absolute atomic E-state index is 12.2. The highest BCUT2D eigenvalue weighted by molar-refractivity contribution is 7.91. The van der Waals surface area contributed by atoms with E-state index in [1.165, 1.54) is 24.3 Å². The Morgan fingerprint density at radius 2 is 1.96 bits per heavy atom. The van der Waals surface area contributed by atoms with E-state index >= 15 is 0 Å². The van der Waals surface area contributed by atoms with Gasteiger partial charge in [-0.2, -0.15) is 0 Å². The Hall–Kier alpha value is -2.12. The number of carbonyl (C=O) groups is 1. The molecule has 1 amide bonds. The predicted molar refractivity (Wildman–Crippen MR) is 92.1 cm³/mol. The molecule has 0 saturated heterocycles. The summed E-state index contributed by atoms with van der Waals surface area (Å²) < 4.78 is 24.3. The summed E-state index contributed by atoms with van der Waals surface area (Å²) >= 11 is 5.93. The number of aromatic nitrogens is 1. The van der Waals surface area contributed by atoms with Gasteiger partial charge in [0.25, 0.3) is 5.91 Å². The number of benzene rings is 1. The average Bonchev–Trinajstić information content (AvgIpc) is 2.51. The van der Waals surface area contributed by atoms with Gasteiger partial charge in [-0.3, -0.25) is 9.59 Å². The van der Waals surface area contributed by atoms with Crippen molar-refractivity contribution in [2.45, 2.75) is 25.3 Å². The molecule has 6 nitrogen and oxygen atoms in total. The van der Waals surface area contributed by atoms with Gasteiger partial charge in [0.2, 0.25) is 5.56 Å². The zero-order valence-corrected chi connectivity index (χ0v) is 14.8. The van der Waals surface area contributed by atoms with E-state index in [-0.39, 0.29) is 28.3 Å². The molecule has 0 fully saturated rings. The lowest BCUT2D eigenvalue weighted by Crippen LogP contribution is -2.25. The van der Waals surface area contributed by atoms with Gasteiger partial charge in [0.15, 0.2) is 9.84 Å². The van der Waals surface area contributed by atoms with Crippen LogP contribution >= 0.6 is 11.6 Å². The molecule has 128 valence electrons. The van der Waals surface area contributed by atoms with Crippen LogP contribution in [0.4, 0.5) is 0 Å². The van der Waals surface area contributed by atoms with Gasteiger partial charge in [0.05, 0.1) is 10.6 Å². The van der Waals surface area contributed by atoms with Crippen LogP contribution in [0, 0.1) is 6.92 Å². The summed E-state index contributed by atoms with van der Waals surface area (Å²) in [5.74, 6) is -0.521. The van der Waals surface area contributed by atoms with Crippen molar-refractivity contribution in [3.05, 3.63) is 62.5 Å². The SMILES string of the molecule is CCS(=O)(=O)c1ccc(Cl)cc1CNC(=O)c1cc(C)[nH]c(=O)c1. The number of sulfone groups is 1. The van der Waals surface area contributed by atoms with Crippen molar-refractivity contribution in [1.82, 2.24) is 10.3 Å². The third-order valence-electron chi connectivity index (χ3n) is 3.42. The molecule has 24 heavy (non-hydrogen) atoms. The molecule has 8 heteroatoms. The minimum absolute atomic E-state index is 0.0141. The van der Waals surface area contributed by atoms with Crippen LogP contribution in [0.2, 0.25) is 5.02 Å². The average molecular weight is 369 g/mol. The summed E-state index contributed by atoms with van der Waals surface area (Å²) in [4.78, 5) is 26.3. The molecular weight excluding hydrogens is 352 g/mol. The van der Waals surface area contributed by atoms with Gasteiger partial charge in [0.1, 0.15) is 0 Å². The lowest BCUT2D eigenvalue weighted by Gasteiger charge is -2.11. The fraction of sp³-hybridized carbons (Fsp3) is 0.250. The van der Waals surface area contributed by atoms with Crippen molar-refractivity contribution in [2.24, 2.45) is 0 Å². The van der Waals surface area contributed by atoms with Crippen molar-refractivity contribution in [2.75, 3.05) is 5.75 Å². The minimum atomic E-state index is -3.44. The molecule has 1 aromatic heterocycles. The van der Waals surface area contributed by atoms with Gasteiger partial charge in [-0.15, -0.1) is 0 Å². The maximum atomic E-state index is 12.2. The molecule has 2 aromatic rings. The van der Waals surface area contributed by atoms with E-state index in [1.807, 2.05) is 0 Å². The third kappa shape index (κ3) is 4.24. The summed E-state index contributed by atoms with van der Waals surface area (Å²) in [5.41, 5.74) is 0.791.